The van der Waals surface area contributed by atoms with Crippen LogP contribution in [0, 0.1) is 0 Å². The molecule has 0 unspecified atom stereocenters. The second kappa shape index (κ2) is 12.7. The molecule has 7 nitrogen and oxygen atoms in total. The predicted molar refractivity (Wildman–Crippen MR) is 127 cm³/mol. The molecule has 0 saturated heterocycles. The van der Waals surface area contributed by atoms with Crippen LogP contribution in [0.2, 0.25) is 0 Å². The van der Waals surface area contributed by atoms with Gasteiger partial charge < -0.3 is 19.5 Å². The summed E-state index contributed by atoms with van der Waals surface area (Å²) in [5.74, 6) is 4.07. The maximum absolute atomic E-state index is 5.77. The average molecular weight is 512 g/mol. The SMILES string of the molecule is CN=C(NCCCc1nnc2n1CCCCC2)N(C)CCOc1ccccc1.I. The molecular weight excluding hydrogens is 479 g/mol. The van der Waals surface area contributed by atoms with Crippen molar-refractivity contribution in [1.29, 1.82) is 0 Å². The summed E-state index contributed by atoms with van der Waals surface area (Å²) in [5, 5.41) is 12.2. The molecule has 0 radical (unpaired) electrons. The number of guanidine groups is 1. The summed E-state index contributed by atoms with van der Waals surface area (Å²) in [6.07, 6.45) is 6.77. The molecule has 0 atom stereocenters. The minimum Gasteiger partial charge on any atom is -0.492 e. The fourth-order valence-corrected chi connectivity index (χ4v) is 3.48. The van der Waals surface area contributed by atoms with Gasteiger partial charge in [-0.05, 0) is 31.4 Å². The van der Waals surface area contributed by atoms with Crippen molar-refractivity contribution < 1.29 is 4.74 Å². The van der Waals surface area contributed by atoms with E-state index in [2.05, 4.69) is 30.0 Å². The first kappa shape index (κ1) is 23.4. The number of benzene rings is 1. The molecule has 0 saturated carbocycles. The summed E-state index contributed by atoms with van der Waals surface area (Å²) in [6, 6.07) is 9.89. The molecule has 0 fully saturated rings. The summed E-state index contributed by atoms with van der Waals surface area (Å²) >= 11 is 0. The van der Waals surface area contributed by atoms with E-state index >= 15 is 0 Å². The van der Waals surface area contributed by atoms with Gasteiger partial charge in [0, 0.05) is 40.0 Å². The highest BCUT2D eigenvalue weighted by molar-refractivity contribution is 14.0. The highest BCUT2D eigenvalue weighted by Crippen LogP contribution is 2.15. The Morgan fingerprint density at radius 2 is 2.03 bits per heavy atom. The van der Waals surface area contributed by atoms with Gasteiger partial charge in [0.25, 0.3) is 0 Å². The van der Waals surface area contributed by atoms with Crippen molar-refractivity contribution in [2.75, 3.05) is 33.8 Å². The summed E-state index contributed by atoms with van der Waals surface area (Å²) in [5.41, 5.74) is 0. The highest BCUT2D eigenvalue weighted by atomic mass is 127. The molecule has 3 rings (SSSR count). The number of nitrogens with zero attached hydrogens (tertiary/aromatic N) is 5. The van der Waals surface area contributed by atoms with E-state index in [9.17, 15) is 0 Å². The van der Waals surface area contributed by atoms with Crippen LogP contribution in [0.4, 0.5) is 0 Å². The van der Waals surface area contributed by atoms with Gasteiger partial charge in [-0.15, -0.1) is 34.2 Å². The Labute approximate surface area is 191 Å². The van der Waals surface area contributed by atoms with Gasteiger partial charge in [0.05, 0.1) is 6.54 Å². The number of aromatic nitrogens is 3. The standard InChI is InChI=1S/C21H32N6O.HI/c1-22-21(26(2)16-17-28-18-10-5-3-6-11-18)23-14-9-13-20-25-24-19-12-7-4-8-15-27(19)20;/h3,5-6,10-11H,4,7-9,12-17H2,1-2H3,(H,22,23);1H. The van der Waals surface area contributed by atoms with Gasteiger partial charge in [0.2, 0.25) is 0 Å². The number of aryl methyl sites for hydroxylation is 2. The van der Waals surface area contributed by atoms with Crippen molar-refractivity contribution >= 4 is 29.9 Å². The highest BCUT2D eigenvalue weighted by Gasteiger charge is 2.14. The third-order valence-electron chi connectivity index (χ3n) is 5.06. The molecule has 160 valence electrons. The van der Waals surface area contributed by atoms with Gasteiger partial charge in [-0.25, -0.2) is 0 Å². The van der Waals surface area contributed by atoms with E-state index in [1.54, 1.807) is 0 Å². The summed E-state index contributed by atoms with van der Waals surface area (Å²) in [4.78, 5) is 6.46. The lowest BCUT2D eigenvalue weighted by molar-refractivity contribution is 0.281. The van der Waals surface area contributed by atoms with Crippen molar-refractivity contribution in [3.8, 4) is 5.75 Å². The zero-order chi connectivity index (χ0) is 19.6. The Morgan fingerprint density at radius 3 is 2.83 bits per heavy atom. The smallest absolute Gasteiger partial charge is 0.193 e. The van der Waals surface area contributed by atoms with Crippen molar-refractivity contribution in [2.24, 2.45) is 4.99 Å². The summed E-state index contributed by atoms with van der Waals surface area (Å²) in [7, 11) is 3.84. The van der Waals surface area contributed by atoms with Gasteiger partial charge in [0.1, 0.15) is 24.0 Å². The minimum absolute atomic E-state index is 0. The summed E-state index contributed by atoms with van der Waals surface area (Å²) in [6.45, 7) is 3.31. The van der Waals surface area contributed by atoms with E-state index in [-0.39, 0.29) is 24.0 Å². The van der Waals surface area contributed by atoms with Crippen molar-refractivity contribution in [2.45, 2.75) is 45.1 Å². The van der Waals surface area contributed by atoms with E-state index in [0.29, 0.717) is 6.61 Å². The number of likely N-dealkylation sites (N-methyl/N-ethyl adjacent to an activating group) is 1. The third kappa shape index (κ3) is 7.17. The molecule has 2 aromatic rings. The summed E-state index contributed by atoms with van der Waals surface area (Å²) < 4.78 is 8.09. The van der Waals surface area contributed by atoms with Crippen molar-refractivity contribution in [3.63, 3.8) is 0 Å². The molecule has 1 aliphatic rings. The van der Waals surface area contributed by atoms with Crippen LogP contribution in [0.5, 0.6) is 5.75 Å². The van der Waals surface area contributed by atoms with Gasteiger partial charge in [-0.3, -0.25) is 4.99 Å². The molecular formula is C21H33IN6O. The minimum atomic E-state index is 0. The van der Waals surface area contributed by atoms with E-state index in [0.717, 1.165) is 62.3 Å². The first-order chi connectivity index (χ1) is 13.8. The molecule has 0 bridgehead atoms. The monoisotopic (exact) mass is 512 g/mol. The van der Waals surface area contributed by atoms with E-state index in [4.69, 9.17) is 4.74 Å². The van der Waals surface area contributed by atoms with Gasteiger partial charge in [0.15, 0.2) is 5.96 Å². The molecule has 0 aliphatic carbocycles. The van der Waals surface area contributed by atoms with Crippen LogP contribution >= 0.6 is 24.0 Å². The number of halogens is 1. The van der Waals surface area contributed by atoms with Crippen LogP contribution in [0.1, 0.15) is 37.3 Å². The topological polar surface area (TPSA) is 67.6 Å². The molecule has 1 aromatic heterocycles. The number of rotatable bonds is 8. The molecule has 1 N–H and O–H groups in total. The number of aliphatic imine (C=N–C) groups is 1. The Balaban J connectivity index is 0.00000300. The number of nitrogens with one attached hydrogen (secondary N) is 1. The fourth-order valence-electron chi connectivity index (χ4n) is 3.48. The molecule has 29 heavy (non-hydrogen) atoms. The van der Waals surface area contributed by atoms with E-state index in [1.807, 2.05) is 44.4 Å². The van der Waals surface area contributed by atoms with Crippen molar-refractivity contribution in [3.05, 3.63) is 42.0 Å². The zero-order valence-electron chi connectivity index (χ0n) is 17.5. The average Bonchev–Trinajstić information content (AvgIpc) is 2.95. The second-order valence-corrected chi connectivity index (χ2v) is 7.16. The Hall–Kier alpha value is -1.84. The maximum atomic E-state index is 5.77. The van der Waals surface area contributed by atoms with Crippen molar-refractivity contribution in [1.82, 2.24) is 25.0 Å². The van der Waals surface area contributed by atoms with Crippen LogP contribution in [-0.2, 0) is 19.4 Å². The van der Waals surface area contributed by atoms with Gasteiger partial charge in [-0.2, -0.15) is 0 Å². The van der Waals surface area contributed by atoms with E-state index in [1.165, 1.54) is 19.3 Å². The molecule has 1 aromatic carbocycles. The lowest BCUT2D eigenvalue weighted by Crippen LogP contribution is -2.41. The quantitative estimate of drug-likeness (QED) is 0.255. The zero-order valence-corrected chi connectivity index (χ0v) is 19.8. The maximum Gasteiger partial charge on any atom is 0.193 e. The Kier molecular flexibility index (Phi) is 10.2. The van der Waals surface area contributed by atoms with Gasteiger partial charge in [-0.1, -0.05) is 24.6 Å². The van der Waals surface area contributed by atoms with Crippen LogP contribution in [0.15, 0.2) is 35.3 Å². The van der Waals surface area contributed by atoms with Gasteiger partial charge >= 0.3 is 0 Å². The Bertz CT molecular complexity index is 749. The largest absolute Gasteiger partial charge is 0.492 e. The number of hydrogen-bond donors (Lipinski definition) is 1. The number of para-hydroxylation sites is 1. The lowest BCUT2D eigenvalue weighted by Gasteiger charge is -2.22. The fraction of sp³-hybridized carbons (Fsp3) is 0.571. The van der Waals surface area contributed by atoms with Crippen LogP contribution < -0.4 is 10.1 Å². The molecule has 0 spiro atoms. The Morgan fingerprint density at radius 1 is 1.21 bits per heavy atom. The van der Waals surface area contributed by atoms with Crippen LogP contribution in [0.25, 0.3) is 0 Å². The van der Waals surface area contributed by atoms with Crippen LogP contribution in [0.3, 0.4) is 0 Å². The number of ether oxygens (including phenoxy) is 1. The molecule has 8 heteroatoms. The first-order valence-corrected chi connectivity index (χ1v) is 10.3. The second-order valence-electron chi connectivity index (χ2n) is 7.16. The number of hydrogen-bond acceptors (Lipinski definition) is 4. The molecule has 2 heterocycles. The predicted octanol–water partition coefficient (Wildman–Crippen LogP) is 3.14. The normalized spacial score (nSPS) is 13.8. The number of fused-ring (bicyclic) bond motifs is 1. The first-order valence-electron chi connectivity index (χ1n) is 10.3. The molecule has 1 aliphatic heterocycles. The lowest BCUT2D eigenvalue weighted by atomic mass is 10.2. The van der Waals surface area contributed by atoms with Crippen LogP contribution in [-0.4, -0.2) is 59.4 Å². The third-order valence-corrected chi connectivity index (χ3v) is 5.06. The molecule has 0 amide bonds. The van der Waals surface area contributed by atoms with E-state index < -0.39 is 0 Å².